The van der Waals surface area contributed by atoms with Crippen molar-refractivity contribution >= 4 is 33.3 Å². The number of rotatable bonds is 3. The van der Waals surface area contributed by atoms with Crippen molar-refractivity contribution in [2.75, 3.05) is 17.7 Å². The van der Waals surface area contributed by atoms with E-state index in [0.717, 1.165) is 22.0 Å². The molecule has 2 aromatic rings. The second kappa shape index (κ2) is 5.79. The lowest BCUT2D eigenvalue weighted by Gasteiger charge is -2.35. The van der Waals surface area contributed by atoms with Gasteiger partial charge in [0, 0.05) is 18.0 Å². The summed E-state index contributed by atoms with van der Waals surface area (Å²) in [5, 5.41) is 1.15. The molecule has 0 aliphatic heterocycles. The quantitative estimate of drug-likeness (QED) is 0.931. The molecule has 0 amide bonds. The predicted octanol–water partition coefficient (Wildman–Crippen LogP) is 3.99. The molecule has 1 fully saturated rings. The second-order valence-electron chi connectivity index (χ2n) is 6.17. The van der Waals surface area contributed by atoms with Crippen LogP contribution in [0, 0.1) is 12.8 Å². The van der Waals surface area contributed by atoms with Gasteiger partial charge in [0.25, 0.3) is 0 Å². The van der Waals surface area contributed by atoms with Crippen LogP contribution in [0.4, 0.5) is 11.8 Å². The van der Waals surface area contributed by atoms with Gasteiger partial charge in [-0.2, -0.15) is 4.98 Å². The van der Waals surface area contributed by atoms with E-state index in [4.69, 9.17) is 5.73 Å². The number of nitrogens with two attached hydrogens (primary N) is 1. The minimum atomic E-state index is 0.383. The first-order valence-corrected chi connectivity index (χ1v) is 8.66. The van der Waals surface area contributed by atoms with Gasteiger partial charge in [-0.05, 0) is 44.6 Å². The molecule has 114 valence electrons. The van der Waals surface area contributed by atoms with Crippen LogP contribution >= 0.6 is 11.3 Å². The third kappa shape index (κ3) is 2.84. The van der Waals surface area contributed by atoms with Gasteiger partial charge >= 0.3 is 0 Å². The SMILES string of the molecule is CCC1CCC(N(C)c2nc(N)nc3sc(C)cc23)CC1. The van der Waals surface area contributed by atoms with Gasteiger partial charge < -0.3 is 10.6 Å². The van der Waals surface area contributed by atoms with Crippen LogP contribution in [0.2, 0.25) is 0 Å². The number of hydrogen-bond donors (Lipinski definition) is 1. The molecule has 2 N–H and O–H groups in total. The summed E-state index contributed by atoms with van der Waals surface area (Å²) < 4.78 is 0. The van der Waals surface area contributed by atoms with E-state index in [0.29, 0.717) is 12.0 Å². The molecule has 0 atom stereocenters. The van der Waals surface area contributed by atoms with E-state index in [-0.39, 0.29) is 0 Å². The molecule has 4 nitrogen and oxygen atoms in total. The highest BCUT2D eigenvalue weighted by molar-refractivity contribution is 7.18. The van der Waals surface area contributed by atoms with Crippen molar-refractivity contribution in [3.8, 4) is 0 Å². The first-order chi connectivity index (χ1) is 10.1. The Balaban J connectivity index is 1.89. The summed E-state index contributed by atoms with van der Waals surface area (Å²) in [6.45, 7) is 4.41. The largest absolute Gasteiger partial charge is 0.368 e. The maximum Gasteiger partial charge on any atom is 0.223 e. The molecule has 1 saturated carbocycles. The van der Waals surface area contributed by atoms with Crippen LogP contribution in [0.5, 0.6) is 0 Å². The summed E-state index contributed by atoms with van der Waals surface area (Å²) in [4.78, 5) is 13.5. The van der Waals surface area contributed by atoms with Crippen LogP contribution in [0.1, 0.15) is 43.9 Å². The monoisotopic (exact) mass is 304 g/mol. The molecule has 1 aliphatic rings. The molecule has 0 radical (unpaired) electrons. The Morgan fingerprint density at radius 3 is 2.67 bits per heavy atom. The highest BCUT2D eigenvalue weighted by Gasteiger charge is 2.25. The van der Waals surface area contributed by atoms with E-state index in [1.54, 1.807) is 11.3 Å². The summed E-state index contributed by atoms with van der Waals surface area (Å²) in [6.07, 6.45) is 6.48. The van der Waals surface area contributed by atoms with E-state index >= 15 is 0 Å². The van der Waals surface area contributed by atoms with Crippen molar-refractivity contribution in [2.24, 2.45) is 5.92 Å². The molecular weight excluding hydrogens is 280 g/mol. The normalized spacial score (nSPS) is 22.6. The third-order valence-electron chi connectivity index (χ3n) is 4.79. The first-order valence-electron chi connectivity index (χ1n) is 7.85. The third-order valence-corrected chi connectivity index (χ3v) is 5.73. The average Bonchev–Trinajstić information content (AvgIpc) is 2.85. The molecule has 0 unspecified atom stereocenters. The number of fused-ring (bicyclic) bond motifs is 1. The molecule has 2 heterocycles. The molecule has 1 aliphatic carbocycles. The molecule has 2 aromatic heterocycles. The van der Waals surface area contributed by atoms with Crippen molar-refractivity contribution in [1.29, 1.82) is 0 Å². The zero-order valence-electron chi connectivity index (χ0n) is 13.1. The first kappa shape index (κ1) is 14.6. The van der Waals surface area contributed by atoms with Crippen LogP contribution < -0.4 is 10.6 Å². The average molecular weight is 304 g/mol. The van der Waals surface area contributed by atoms with Crippen LogP contribution in [0.25, 0.3) is 10.2 Å². The van der Waals surface area contributed by atoms with E-state index in [1.165, 1.54) is 37.0 Å². The zero-order chi connectivity index (χ0) is 15.0. The van der Waals surface area contributed by atoms with Crippen molar-refractivity contribution in [2.45, 2.75) is 52.0 Å². The number of aromatic nitrogens is 2. The molecular formula is C16H24N4S. The van der Waals surface area contributed by atoms with Crippen LogP contribution in [-0.4, -0.2) is 23.1 Å². The highest BCUT2D eigenvalue weighted by atomic mass is 32.1. The topological polar surface area (TPSA) is 55.0 Å². The number of thiophene rings is 1. The number of hydrogen-bond acceptors (Lipinski definition) is 5. The van der Waals surface area contributed by atoms with Crippen molar-refractivity contribution in [1.82, 2.24) is 9.97 Å². The van der Waals surface area contributed by atoms with Crippen LogP contribution in [-0.2, 0) is 0 Å². The Hall–Kier alpha value is -1.36. The van der Waals surface area contributed by atoms with Crippen molar-refractivity contribution < 1.29 is 0 Å². The summed E-state index contributed by atoms with van der Waals surface area (Å²) in [6, 6.07) is 2.76. The predicted molar refractivity (Wildman–Crippen MR) is 91.0 cm³/mol. The lowest BCUT2D eigenvalue weighted by molar-refractivity contribution is 0.313. The summed E-state index contributed by atoms with van der Waals surface area (Å²) >= 11 is 1.69. The molecule has 0 bridgehead atoms. The van der Waals surface area contributed by atoms with Crippen LogP contribution in [0.15, 0.2) is 6.07 Å². The fourth-order valence-electron chi connectivity index (χ4n) is 3.43. The Morgan fingerprint density at radius 1 is 1.29 bits per heavy atom. The van der Waals surface area contributed by atoms with Gasteiger partial charge in [0.05, 0.1) is 5.39 Å². The van der Waals surface area contributed by atoms with Crippen LogP contribution in [0.3, 0.4) is 0 Å². The Bertz CT molecular complexity index is 628. The standard InChI is InChI=1S/C16H24N4S/c1-4-11-5-7-12(8-6-11)20(3)14-13-9-10(2)21-15(13)19-16(17)18-14/h9,11-12H,4-8H2,1-3H3,(H2,17,18,19). The number of aryl methyl sites for hydroxylation is 1. The van der Waals surface area contributed by atoms with E-state index in [1.807, 2.05) is 0 Å². The maximum atomic E-state index is 5.90. The summed E-state index contributed by atoms with van der Waals surface area (Å²) in [5.74, 6) is 2.30. The van der Waals surface area contributed by atoms with Gasteiger partial charge in [-0.1, -0.05) is 13.3 Å². The number of nitrogen functional groups attached to an aromatic ring is 1. The minimum Gasteiger partial charge on any atom is -0.368 e. The maximum absolute atomic E-state index is 5.90. The van der Waals surface area contributed by atoms with E-state index in [2.05, 4.69) is 41.8 Å². The minimum absolute atomic E-state index is 0.383. The molecule has 0 spiro atoms. The van der Waals surface area contributed by atoms with Gasteiger partial charge in [0.2, 0.25) is 5.95 Å². The zero-order valence-corrected chi connectivity index (χ0v) is 13.9. The number of anilines is 2. The smallest absolute Gasteiger partial charge is 0.223 e. The van der Waals surface area contributed by atoms with Gasteiger partial charge in [-0.15, -0.1) is 11.3 Å². The number of nitrogens with zero attached hydrogens (tertiary/aromatic N) is 3. The molecule has 5 heteroatoms. The lowest BCUT2D eigenvalue weighted by Crippen LogP contribution is -2.35. The molecule has 21 heavy (non-hydrogen) atoms. The second-order valence-corrected chi connectivity index (χ2v) is 7.41. The molecule has 0 saturated heterocycles. The highest BCUT2D eigenvalue weighted by Crippen LogP contribution is 2.35. The summed E-state index contributed by atoms with van der Waals surface area (Å²) in [5.41, 5.74) is 5.90. The van der Waals surface area contributed by atoms with E-state index in [9.17, 15) is 0 Å². The van der Waals surface area contributed by atoms with E-state index < -0.39 is 0 Å². The Morgan fingerprint density at radius 2 is 2.00 bits per heavy atom. The van der Waals surface area contributed by atoms with Crippen molar-refractivity contribution in [3.63, 3.8) is 0 Å². The van der Waals surface area contributed by atoms with Gasteiger partial charge in [-0.3, -0.25) is 0 Å². The summed E-state index contributed by atoms with van der Waals surface area (Å²) in [7, 11) is 2.16. The Kier molecular flexibility index (Phi) is 4.02. The lowest BCUT2D eigenvalue weighted by atomic mass is 9.84. The van der Waals surface area contributed by atoms with Gasteiger partial charge in [0.15, 0.2) is 0 Å². The fourth-order valence-corrected chi connectivity index (χ4v) is 4.31. The molecule has 3 rings (SSSR count). The van der Waals surface area contributed by atoms with Gasteiger partial charge in [-0.25, -0.2) is 4.98 Å². The molecule has 0 aromatic carbocycles. The van der Waals surface area contributed by atoms with Crippen molar-refractivity contribution in [3.05, 3.63) is 10.9 Å². The fraction of sp³-hybridized carbons (Fsp3) is 0.625. The Labute approximate surface area is 130 Å². The van der Waals surface area contributed by atoms with Gasteiger partial charge in [0.1, 0.15) is 10.6 Å².